The van der Waals surface area contributed by atoms with Crippen molar-refractivity contribution in [1.82, 2.24) is 0 Å². The fraction of sp³-hybridized carbons (Fsp3) is 1.00. The first-order valence-corrected chi connectivity index (χ1v) is 3.62. The molecule has 1 saturated carbocycles. The molecular formula is C7H12O2. The van der Waals surface area contributed by atoms with Gasteiger partial charge in [-0.3, -0.25) is 0 Å². The normalized spacial score (nSPS) is 48.3. The van der Waals surface area contributed by atoms with Gasteiger partial charge in [0, 0.05) is 13.2 Å². The Morgan fingerprint density at radius 2 is 2.33 bits per heavy atom. The van der Waals surface area contributed by atoms with E-state index in [0.29, 0.717) is 18.4 Å². The van der Waals surface area contributed by atoms with Crippen molar-refractivity contribution in [3.8, 4) is 0 Å². The average molecular weight is 128 g/mol. The van der Waals surface area contributed by atoms with Gasteiger partial charge in [-0.05, 0) is 24.2 Å². The molecule has 1 heterocycles. The first-order valence-electron chi connectivity index (χ1n) is 3.62. The molecule has 1 N–H and O–H groups in total. The molecule has 2 aliphatic rings. The summed E-state index contributed by atoms with van der Waals surface area (Å²) in [5.74, 6) is 2.11. The summed E-state index contributed by atoms with van der Waals surface area (Å²) in [7, 11) is 0. The number of ether oxygens (including phenoxy) is 1. The topological polar surface area (TPSA) is 29.5 Å². The number of fused-ring (bicyclic) bond motifs is 1. The van der Waals surface area contributed by atoms with E-state index in [0.717, 1.165) is 19.1 Å². The third kappa shape index (κ3) is 0.775. The molecule has 0 radical (unpaired) electrons. The van der Waals surface area contributed by atoms with Crippen LogP contribution in [0.4, 0.5) is 0 Å². The number of aliphatic hydroxyl groups excluding tert-OH is 1. The molecule has 0 aromatic heterocycles. The summed E-state index contributed by atoms with van der Waals surface area (Å²) in [4.78, 5) is 0. The van der Waals surface area contributed by atoms with E-state index < -0.39 is 0 Å². The molecule has 0 amide bonds. The van der Waals surface area contributed by atoms with Gasteiger partial charge in [-0.1, -0.05) is 0 Å². The van der Waals surface area contributed by atoms with Crippen molar-refractivity contribution >= 4 is 0 Å². The molecule has 0 bridgehead atoms. The van der Waals surface area contributed by atoms with E-state index in [4.69, 9.17) is 9.84 Å². The van der Waals surface area contributed by atoms with Crippen LogP contribution in [-0.2, 0) is 4.74 Å². The van der Waals surface area contributed by atoms with Crippen molar-refractivity contribution in [3.63, 3.8) is 0 Å². The molecule has 2 fully saturated rings. The summed E-state index contributed by atoms with van der Waals surface area (Å²) in [6.07, 6.45) is 1.18. The number of hydrogen-bond acceptors (Lipinski definition) is 2. The van der Waals surface area contributed by atoms with Gasteiger partial charge in [-0.15, -0.1) is 0 Å². The molecule has 9 heavy (non-hydrogen) atoms. The highest BCUT2D eigenvalue weighted by molar-refractivity contribution is 4.97. The number of aliphatic hydroxyl groups is 1. The third-order valence-electron chi connectivity index (χ3n) is 2.63. The van der Waals surface area contributed by atoms with Crippen LogP contribution in [-0.4, -0.2) is 24.9 Å². The summed E-state index contributed by atoms with van der Waals surface area (Å²) >= 11 is 0. The van der Waals surface area contributed by atoms with E-state index in [1.165, 1.54) is 6.42 Å². The Balaban J connectivity index is 1.91. The molecule has 3 atom stereocenters. The van der Waals surface area contributed by atoms with Gasteiger partial charge in [0.15, 0.2) is 0 Å². The lowest BCUT2D eigenvalue weighted by Gasteiger charge is -2.07. The fourth-order valence-corrected chi connectivity index (χ4v) is 1.91. The van der Waals surface area contributed by atoms with E-state index in [1.807, 2.05) is 0 Å². The van der Waals surface area contributed by atoms with E-state index in [-0.39, 0.29) is 0 Å². The van der Waals surface area contributed by atoms with Crippen molar-refractivity contribution < 1.29 is 9.84 Å². The van der Waals surface area contributed by atoms with Gasteiger partial charge in [0.1, 0.15) is 0 Å². The van der Waals surface area contributed by atoms with Crippen LogP contribution in [0.1, 0.15) is 6.42 Å². The Kier molecular flexibility index (Phi) is 1.24. The maximum Gasteiger partial charge on any atom is 0.0500 e. The second-order valence-corrected chi connectivity index (χ2v) is 3.04. The zero-order valence-electron chi connectivity index (χ0n) is 5.42. The van der Waals surface area contributed by atoms with Gasteiger partial charge < -0.3 is 9.84 Å². The number of rotatable bonds is 1. The lowest BCUT2D eigenvalue weighted by molar-refractivity contribution is 0.0880. The van der Waals surface area contributed by atoms with Gasteiger partial charge >= 0.3 is 0 Å². The van der Waals surface area contributed by atoms with Crippen LogP contribution >= 0.6 is 0 Å². The van der Waals surface area contributed by atoms with Gasteiger partial charge in [0.2, 0.25) is 0 Å². The predicted molar refractivity (Wildman–Crippen MR) is 33.0 cm³/mol. The van der Waals surface area contributed by atoms with Crippen LogP contribution < -0.4 is 0 Å². The molecule has 52 valence electrons. The molecule has 1 aliphatic carbocycles. The lowest BCUT2D eigenvalue weighted by Crippen LogP contribution is -2.07. The Morgan fingerprint density at radius 1 is 1.44 bits per heavy atom. The molecule has 1 aliphatic heterocycles. The van der Waals surface area contributed by atoms with Crippen LogP contribution in [0.25, 0.3) is 0 Å². The quantitative estimate of drug-likeness (QED) is 0.549. The minimum atomic E-state index is 0.374. The highest BCUT2D eigenvalue weighted by atomic mass is 16.5. The van der Waals surface area contributed by atoms with Crippen molar-refractivity contribution in [3.05, 3.63) is 0 Å². The molecule has 0 aromatic rings. The maximum absolute atomic E-state index is 8.78. The van der Waals surface area contributed by atoms with Crippen molar-refractivity contribution in [2.45, 2.75) is 6.42 Å². The summed E-state index contributed by atoms with van der Waals surface area (Å²) in [6, 6.07) is 0. The Morgan fingerprint density at radius 3 is 2.89 bits per heavy atom. The third-order valence-corrected chi connectivity index (χ3v) is 2.63. The summed E-state index contributed by atoms with van der Waals surface area (Å²) in [6.45, 7) is 2.19. The van der Waals surface area contributed by atoms with Gasteiger partial charge in [-0.25, -0.2) is 0 Å². The Bertz CT molecular complexity index is 94.7. The van der Waals surface area contributed by atoms with Crippen LogP contribution in [0.2, 0.25) is 0 Å². The van der Waals surface area contributed by atoms with Gasteiger partial charge in [-0.2, -0.15) is 0 Å². The van der Waals surface area contributed by atoms with E-state index in [9.17, 15) is 0 Å². The first kappa shape index (κ1) is 5.69. The van der Waals surface area contributed by atoms with Crippen molar-refractivity contribution in [1.29, 1.82) is 0 Å². The second kappa shape index (κ2) is 1.96. The average Bonchev–Trinajstić information content (AvgIpc) is 2.60. The van der Waals surface area contributed by atoms with Crippen molar-refractivity contribution in [2.75, 3.05) is 19.8 Å². The number of hydrogen-bond donors (Lipinski definition) is 1. The monoisotopic (exact) mass is 128 g/mol. The SMILES string of the molecule is OC[C@@H]1[C@@H]2CCOC[C@H]12. The van der Waals surface area contributed by atoms with Gasteiger partial charge in [0.25, 0.3) is 0 Å². The largest absolute Gasteiger partial charge is 0.396 e. The van der Waals surface area contributed by atoms with Crippen LogP contribution in [0, 0.1) is 17.8 Å². The standard InChI is InChI=1S/C7H12O2/c8-3-6-5-1-2-9-4-7(5)6/h5-8H,1-4H2/t5-,6+,7-/m0/s1. The summed E-state index contributed by atoms with van der Waals surface area (Å²) < 4.78 is 5.24. The van der Waals surface area contributed by atoms with E-state index >= 15 is 0 Å². The minimum Gasteiger partial charge on any atom is -0.396 e. The summed E-state index contributed by atoms with van der Waals surface area (Å²) in [5, 5.41) is 8.78. The van der Waals surface area contributed by atoms with Crippen molar-refractivity contribution in [2.24, 2.45) is 17.8 Å². The van der Waals surface area contributed by atoms with Gasteiger partial charge in [0.05, 0.1) is 6.61 Å². The second-order valence-electron chi connectivity index (χ2n) is 3.04. The molecule has 2 rings (SSSR count). The highest BCUT2D eigenvalue weighted by Gasteiger charge is 2.50. The first-order chi connectivity index (χ1) is 4.43. The molecular weight excluding hydrogens is 116 g/mol. The fourth-order valence-electron chi connectivity index (χ4n) is 1.91. The molecule has 0 unspecified atom stereocenters. The van der Waals surface area contributed by atoms with Crippen LogP contribution in [0.15, 0.2) is 0 Å². The molecule has 0 spiro atoms. The predicted octanol–water partition coefficient (Wildman–Crippen LogP) is 0.261. The van der Waals surface area contributed by atoms with E-state index in [1.54, 1.807) is 0 Å². The molecule has 2 heteroatoms. The molecule has 2 nitrogen and oxygen atoms in total. The molecule has 0 aromatic carbocycles. The zero-order chi connectivity index (χ0) is 6.27. The minimum absolute atomic E-state index is 0.374. The lowest BCUT2D eigenvalue weighted by atomic mass is 10.2. The van der Waals surface area contributed by atoms with Crippen LogP contribution in [0.3, 0.4) is 0 Å². The maximum atomic E-state index is 8.78. The zero-order valence-corrected chi connectivity index (χ0v) is 5.42. The van der Waals surface area contributed by atoms with E-state index in [2.05, 4.69) is 0 Å². The Hall–Kier alpha value is -0.0800. The van der Waals surface area contributed by atoms with Crippen LogP contribution in [0.5, 0.6) is 0 Å². The molecule has 1 saturated heterocycles. The smallest absolute Gasteiger partial charge is 0.0500 e. The highest BCUT2D eigenvalue weighted by Crippen LogP contribution is 2.50. The Labute approximate surface area is 54.8 Å². The summed E-state index contributed by atoms with van der Waals surface area (Å²) in [5.41, 5.74) is 0.